The molecule has 2 atom stereocenters. The third-order valence-electron chi connectivity index (χ3n) is 6.56. The van der Waals surface area contributed by atoms with Gasteiger partial charge in [-0.2, -0.15) is 0 Å². The van der Waals surface area contributed by atoms with E-state index in [1.165, 1.54) is 0 Å². The van der Waals surface area contributed by atoms with E-state index in [9.17, 15) is 19.2 Å². The highest BCUT2D eigenvalue weighted by Crippen LogP contribution is 2.50. The summed E-state index contributed by atoms with van der Waals surface area (Å²) in [6, 6.07) is 9.36. The number of amides is 2. The summed E-state index contributed by atoms with van der Waals surface area (Å²) in [4.78, 5) is 51.0. The summed E-state index contributed by atoms with van der Waals surface area (Å²) in [5, 5.41) is 1.11. The van der Waals surface area contributed by atoms with Crippen molar-refractivity contribution in [3.63, 3.8) is 0 Å². The normalized spacial score (nSPS) is 19.5. The molecule has 3 rings (SSSR count). The highest BCUT2D eigenvalue weighted by molar-refractivity contribution is 5.86. The zero-order valence-corrected chi connectivity index (χ0v) is 21.3. The van der Waals surface area contributed by atoms with Gasteiger partial charge in [0.05, 0.1) is 18.9 Å². The molecule has 0 aromatic heterocycles. The molecule has 1 aromatic rings. The fourth-order valence-electron chi connectivity index (χ4n) is 4.28. The molecule has 2 fully saturated rings. The molecule has 2 aliphatic rings. The van der Waals surface area contributed by atoms with Crippen molar-refractivity contribution in [1.82, 2.24) is 10.4 Å². The van der Waals surface area contributed by atoms with Crippen LogP contribution in [0.2, 0.25) is 0 Å². The van der Waals surface area contributed by atoms with Crippen LogP contribution < -0.4 is 5.43 Å². The number of hydrogen-bond donors (Lipinski definition) is 1. The van der Waals surface area contributed by atoms with Crippen LogP contribution in [0.4, 0.5) is 4.79 Å². The van der Waals surface area contributed by atoms with Gasteiger partial charge < -0.3 is 9.47 Å². The van der Waals surface area contributed by atoms with Crippen LogP contribution in [0.3, 0.4) is 0 Å². The van der Waals surface area contributed by atoms with Crippen LogP contribution in [-0.2, 0) is 30.5 Å². The smallest absolute Gasteiger partial charge is 0.429 e. The van der Waals surface area contributed by atoms with Gasteiger partial charge in [0.15, 0.2) is 0 Å². The Morgan fingerprint density at radius 2 is 1.86 bits per heavy atom. The molecule has 2 saturated carbocycles. The third-order valence-corrected chi connectivity index (χ3v) is 6.56. The van der Waals surface area contributed by atoms with Gasteiger partial charge >= 0.3 is 12.1 Å². The van der Waals surface area contributed by atoms with E-state index < -0.39 is 29.5 Å². The summed E-state index contributed by atoms with van der Waals surface area (Å²) in [6.45, 7) is 7.51. The van der Waals surface area contributed by atoms with Gasteiger partial charge in [-0.3, -0.25) is 19.8 Å². The van der Waals surface area contributed by atoms with Gasteiger partial charge in [0, 0.05) is 12.3 Å². The van der Waals surface area contributed by atoms with Crippen LogP contribution in [0, 0.1) is 17.3 Å². The SMILES string of the molecule is CC1(C[C@H](CC(=O)OCc2ccccc2)C(=O)NN(C[C@@H]2CCCC2=O)C(=O)OC(C)(C)C)CC1. The first-order valence-electron chi connectivity index (χ1n) is 12.5. The molecular weight excluding hydrogens is 448 g/mol. The van der Waals surface area contributed by atoms with Crippen LogP contribution in [0.1, 0.15) is 78.2 Å². The average Bonchev–Trinajstić information content (AvgIpc) is 3.37. The summed E-state index contributed by atoms with van der Waals surface area (Å²) in [6.07, 6.45) is 3.62. The monoisotopic (exact) mass is 486 g/mol. The summed E-state index contributed by atoms with van der Waals surface area (Å²) < 4.78 is 10.9. The number of esters is 1. The Balaban J connectivity index is 1.67. The Bertz CT molecular complexity index is 919. The molecule has 0 radical (unpaired) electrons. The van der Waals surface area contributed by atoms with Gasteiger partial charge in [0.25, 0.3) is 0 Å². The molecule has 8 nitrogen and oxygen atoms in total. The topological polar surface area (TPSA) is 102 Å². The van der Waals surface area contributed by atoms with Gasteiger partial charge in [0.1, 0.15) is 18.0 Å². The zero-order chi connectivity index (χ0) is 25.6. The van der Waals surface area contributed by atoms with Gasteiger partial charge in [-0.05, 0) is 63.9 Å². The lowest BCUT2D eigenvalue weighted by Crippen LogP contribution is -2.52. The number of ketones is 1. The molecule has 0 saturated heterocycles. The van der Waals surface area contributed by atoms with Gasteiger partial charge in [-0.1, -0.05) is 37.3 Å². The van der Waals surface area contributed by atoms with E-state index >= 15 is 0 Å². The van der Waals surface area contributed by atoms with E-state index in [0.717, 1.165) is 29.8 Å². The molecule has 0 spiro atoms. The van der Waals surface area contributed by atoms with Crippen molar-refractivity contribution < 1.29 is 28.7 Å². The van der Waals surface area contributed by atoms with E-state index in [2.05, 4.69) is 12.3 Å². The highest BCUT2D eigenvalue weighted by atomic mass is 16.6. The molecule has 2 aliphatic carbocycles. The molecule has 1 aromatic carbocycles. The minimum absolute atomic E-state index is 0.000115. The fraction of sp³-hybridized carbons (Fsp3) is 0.630. The number of carbonyl (C=O) groups excluding carboxylic acids is 4. The van der Waals surface area contributed by atoms with Gasteiger partial charge in [-0.25, -0.2) is 9.80 Å². The fourth-order valence-corrected chi connectivity index (χ4v) is 4.28. The van der Waals surface area contributed by atoms with E-state index in [-0.39, 0.29) is 36.7 Å². The van der Waals surface area contributed by atoms with Gasteiger partial charge in [-0.15, -0.1) is 0 Å². The molecule has 0 aliphatic heterocycles. The first-order valence-corrected chi connectivity index (χ1v) is 12.5. The minimum atomic E-state index is -0.762. The Morgan fingerprint density at radius 3 is 2.43 bits per heavy atom. The first kappa shape index (κ1) is 26.7. The molecule has 0 bridgehead atoms. The second kappa shape index (κ2) is 11.2. The Hall–Kier alpha value is -2.90. The largest absolute Gasteiger partial charge is 0.461 e. The first-order chi connectivity index (χ1) is 16.4. The number of benzene rings is 1. The van der Waals surface area contributed by atoms with Crippen molar-refractivity contribution in [2.75, 3.05) is 6.54 Å². The third kappa shape index (κ3) is 8.67. The molecule has 2 amide bonds. The van der Waals surface area contributed by atoms with Crippen molar-refractivity contribution in [2.24, 2.45) is 17.3 Å². The van der Waals surface area contributed by atoms with E-state index in [4.69, 9.17) is 9.47 Å². The lowest BCUT2D eigenvalue weighted by Gasteiger charge is -2.30. The Kier molecular flexibility index (Phi) is 8.56. The van der Waals surface area contributed by atoms with Crippen LogP contribution in [0.15, 0.2) is 30.3 Å². The van der Waals surface area contributed by atoms with E-state index in [1.807, 2.05) is 30.3 Å². The number of carbonyl (C=O) groups is 4. The minimum Gasteiger partial charge on any atom is -0.461 e. The number of nitrogens with zero attached hydrogens (tertiary/aromatic N) is 1. The molecule has 0 heterocycles. The molecule has 8 heteroatoms. The average molecular weight is 487 g/mol. The number of ether oxygens (including phenoxy) is 2. The summed E-state index contributed by atoms with van der Waals surface area (Å²) in [5.41, 5.74) is 2.78. The standard InChI is InChI=1S/C27H38N2O6/c1-26(2,3)35-25(33)29(17-20-11-8-12-22(20)30)28-24(32)21(16-27(4)13-14-27)15-23(31)34-18-19-9-6-5-7-10-19/h5-7,9-10,20-21H,8,11-18H2,1-4H3,(H,28,32)/t20-,21-/m0/s1. The van der Waals surface area contributed by atoms with Crippen molar-refractivity contribution in [2.45, 2.75) is 84.8 Å². The molecule has 192 valence electrons. The number of nitrogens with one attached hydrogen (secondary N) is 1. The molecule has 1 N–H and O–H groups in total. The summed E-state index contributed by atoms with van der Waals surface area (Å²) in [7, 11) is 0. The second-order valence-corrected chi connectivity index (χ2v) is 11.2. The molecule has 0 unspecified atom stereocenters. The van der Waals surface area contributed by atoms with Crippen molar-refractivity contribution >= 4 is 23.8 Å². The Morgan fingerprint density at radius 1 is 1.17 bits per heavy atom. The lowest BCUT2D eigenvalue weighted by molar-refractivity contribution is -0.149. The second-order valence-electron chi connectivity index (χ2n) is 11.2. The number of hydrogen-bond acceptors (Lipinski definition) is 6. The molecular formula is C27H38N2O6. The summed E-state index contributed by atoms with van der Waals surface area (Å²) in [5.74, 6) is -1.81. The maximum Gasteiger partial charge on any atom is 0.429 e. The maximum atomic E-state index is 13.3. The van der Waals surface area contributed by atoms with Gasteiger partial charge in [0.2, 0.25) is 5.91 Å². The molecule has 35 heavy (non-hydrogen) atoms. The van der Waals surface area contributed by atoms with E-state index in [0.29, 0.717) is 19.3 Å². The van der Waals surface area contributed by atoms with Crippen LogP contribution >= 0.6 is 0 Å². The van der Waals surface area contributed by atoms with Crippen molar-refractivity contribution in [3.05, 3.63) is 35.9 Å². The highest BCUT2D eigenvalue weighted by Gasteiger charge is 2.42. The summed E-state index contributed by atoms with van der Waals surface area (Å²) >= 11 is 0. The quantitative estimate of drug-likeness (QED) is 0.405. The number of rotatable bonds is 9. The van der Waals surface area contributed by atoms with Crippen LogP contribution in [-0.4, -0.2) is 40.9 Å². The number of Topliss-reactive ketones (excluding diaryl/α,β-unsaturated/α-hetero) is 1. The van der Waals surface area contributed by atoms with Crippen molar-refractivity contribution in [3.8, 4) is 0 Å². The maximum absolute atomic E-state index is 13.3. The predicted molar refractivity (Wildman–Crippen MR) is 130 cm³/mol. The lowest BCUT2D eigenvalue weighted by atomic mass is 9.90. The van der Waals surface area contributed by atoms with Crippen molar-refractivity contribution in [1.29, 1.82) is 0 Å². The predicted octanol–water partition coefficient (Wildman–Crippen LogP) is 4.56. The van der Waals surface area contributed by atoms with Crippen LogP contribution in [0.5, 0.6) is 0 Å². The van der Waals surface area contributed by atoms with E-state index in [1.54, 1.807) is 20.8 Å². The number of hydrazine groups is 1. The zero-order valence-electron chi connectivity index (χ0n) is 21.3. The Labute approximate surface area is 207 Å². The van der Waals surface area contributed by atoms with Crippen LogP contribution in [0.25, 0.3) is 0 Å².